The standard InChI is InChI=1S/C38H8F10N4/c1-51-23(11-49)27-19-7-13(25-29(39)33(43)37(47)34(44)30(25)40)3-5-15(19)17-10-22-18(9-21(17)27)16-6-4-14(8-20(16)28(22)24(12-50)52-2)26-31(41)35(45)38(48)36(46)32(26)42/h3-10H/b27-23-,28-24+. The molecule has 52 heavy (non-hydrogen) atoms. The van der Waals surface area contributed by atoms with E-state index in [9.17, 15) is 54.4 Å². The number of hydrogen-bond acceptors (Lipinski definition) is 2. The fraction of sp³-hybridized carbons (Fsp3) is 0. The minimum absolute atomic E-state index is 0.00855. The lowest BCUT2D eigenvalue weighted by Crippen LogP contribution is -2.04. The highest BCUT2D eigenvalue weighted by Crippen LogP contribution is 2.55. The van der Waals surface area contributed by atoms with Gasteiger partial charge in [0.05, 0.1) is 36.4 Å². The molecule has 0 amide bonds. The molecule has 0 aliphatic heterocycles. The van der Waals surface area contributed by atoms with Crippen LogP contribution < -0.4 is 0 Å². The van der Waals surface area contributed by atoms with Crippen LogP contribution in [0, 0.1) is 94.0 Å². The van der Waals surface area contributed by atoms with Crippen LogP contribution in [0.2, 0.25) is 0 Å². The van der Waals surface area contributed by atoms with Crippen molar-refractivity contribution in [3.63, 3.8) is 0 Å². The van der Waals surface area contributed by atoms with Gasteiger partial charge in [0, 0.05) is 11.1 Å². The van der Waals surface area contributed by atoms with E-state index in [0.29, 0.717) is 0 Å². The van der Waals surface area contributed by atoms with Crippen LogP contribution in [-0.2, 0) is 0 Å². The lowest BCUT2D eigenvalue weighted by atomic mass is 9.95. The van der Waals surface area contributed by atoms with Gasteiger partial charge in [0.2, 0.25) is 11.6 Å². The number of fused-ring (bicyclic) bond motifs is 6. The average Bonchev–Trinajstić information content (AvgIpc) is 3.63. The molecule has 0 bridgehead atoms. The number of nitriles is 2. The Kier molecular flexibility index (Phi) is 7.52. The fourth-order valence-electron chi connectivity index (χ4n) is 6.53. The quantitative estimate of drug-likeness (QED) is 0.0590. The van der Waals surface area contributed by atoms with Crippen molar-refractivity contribution in [1.29, 1.82) is 10.5 Å². The SMILES string of the molecule is [C-]#[N+]/C(C#N)=C1/c2cc(-c3c(F)c(F)c(F)c(F)c3F)ccc2-c2cc3c(cc21)-c1ccc(-c2c(F)c(F)c(F)c(F)c2F)cc1/C3=C(/C#N)[N+]#[C-]. The Hall–Kier alpha value is -7.16. The first-order valence-corrected chi connectivity index (χ1v) is 14.4. The van der Waals surface area contributed by atoms with Crippen molar-refractivity contribution in [1.82, 2.24) is 0 Å². The molecular formula is C38H8F10N4. The zero-order valence-electron chi connectivity index (χ0n) is 25.2. The lowest BCUT2D eigenvalue weighted by molar-refractivity contribution is 0.381. The summed E-state index contributed by atoms with van der Waals surface area (Å²) in [6.07, 6.45) is 0. The second kappa shape index (κ2) is 11.7. The number of rotatable bonds is 2. The molecule has 2 aliphatic carbocycles. The molecule has 0 unspecified atom stereocenters. The minimum Gasteiger partial charge on any atom is -0.226 e. The van der Waals surface area contributed by atoms with Gasteiger partial charge in [0.15, 0.2) is 46.5 Å². The van der Waals surface area contributed by atoms with Gasteiger partial charge in [-0.1, -0.05) is 24.3 Å². The van der Waals surface area contributed by atoms with E-state index in [4.69, 9.17) is 13.1 Å². The van der Waals surface area contributed by atoms with Gasteiger partial charge in [-0.15, -0.1) is 0 Å². The molecule has 250 valence electrons. The smallest absolute Gasteiger partial charge is 0.226 e. The molecular weight excluding hydrogens is 702 g/mol. The molecule has 2 aliphatic rings. The Morgan fingerprint density at radius 3 is 0.981 bits per heavy atom. The van der Waals surface area contributed by atoms with Gasteiger partial charge in [0.25, 0.3) is 11.4 Å². The first-order valence-electron chi connectivity index (χ1n) is 14.4. The van der Waals surface area contributed by atoms with E-state index >= 15 is 0 Å². The molecule has 0 atom stereocenters. The van der Waals surface area contributed by atoms with Crippen LogP contribution in [0.4, 0.5) is 43.9 Å². The highest BCUT2D eigenvalue weighted by Gasteiger charge is 2.36. The Balaban J connectivity index is 1.50. The van der Waals surface area contributed by atoms with Crippen LogP contribution in [-0.4, -0.2) is 0 Å². The molecule has 0 saturated heterocycles. The summed E-state index contributed by atoms with van der Waals surface area (Å²) in [6.45, 7) is 15.3. The van der Waals surface area contributed by atoms with Crippen LogP contribution in [0.5, 0.6) is 0 Å². The van der Waals surface area contributed by atoms with E-state index < -0.39 is 91.8 Å². The molecule has 5 aromatic rings. The molecule has 0 N–H and O–H groups in total. The third-order valence-electron chi connectivity index (χ3n) is 8.76. The van der Waals surface area contributed by atoms with Gasteiger partial charge in [-0.3, -0.25) is 0 Å². The van der Waals surface area contributed by atoms with Gasteiger partial charge in [0.1, 0.15) is 0 Å². The van der Waals surface area contributed by atoms with E-state index in [1.807, 2.05) is 0 Å². The van der Waals surface area contributed by atoms with Crippen LogP contribution >= 0.6 is 0 Å². The van der Waals surface area contributed by atoms with Crippen molar-refractivity contribution in [2.75, 3.05) is 0 Å². The maximum Gasteiger partial charge on any atom is 0.270 e. The molecule has 0 radical (unpaired) electrons. The second-order valence-electron chi connectivity index (χ2n) is 11.2. The predicted octanol–water partition coefficient (Wildman–Crippen LogP) is 10.8. The number of benzene rings is 5. The summed E-state index contributed by atoms with van der Waals surface area (Å²) in [5.41, 5.74) is -3.60. The van der Waals surface area contributed by atoms with Crippen molar-refractivity contribution in [3.05, 3.63) is 163 Å². The van der Waals surface area contributed by atoms with E-state index in [1.54, 1.807) is 12.1 Å². The van der Waals surface area contributed by atoms with E-state index in [1.165, 1.54) is 24.3 Å². The highest BCUT2D eigenvalue weighted by atomic mass is 19.2. The molecule has 4 nitrogen and oxygen atoms in total. The van der Waals surface area contributed by atoms with Crippen molar-refractivity contribution in [3.8, 4) is 56.6 Å². The van der Waals surface area contributed by atoms with Crippen molar-refractivity contribution in [2.24, 2.45) is 0 Å². The first-order chi connectivity index (χ1) is 24.8. The largest absolute Gasteiger partial charge is 0.270 e. The summed E-state index contributed by atoms with van der Waals surface area (Å²) < 4.78 is 143. The van der Waals surface area contributed by atoms with Crippen LogP contribution in [0.15, 0.2) is 59.9 Å². The average molecular weight is 710 g/mol. The number of allylic oxidation sites excluding steroid dienone is 2. The molecule has 0 fully saturated rings. The molecule has 5 aromatic carbocycles. The lowest BCUT2D eigenvalue weighted by Gasteiger charge is -2.11. The Morgan fingerprint density at radius 2 is 0.692 bits per heavy atom. The molecule has 0 aromatic heterocycles. The minimum atomic E-state index is -2.37. The molecule has 7 rings (SSSR count). The Labute approximate surface area is 285 Å². The summed E-state index contributed by atoms with van der Waals surface area (Å²) in [5.74, 6) is -22.0. The van der Waals surface area contributed by atoms with Crippen LogP contribution in [0.3, 0.4) is 0 Å². The highest BCUT2D eigenvalue weighted by molar-refractivity contribution is 6.11. The number of halogens is 10. The normalized spacial score (nSPS) is 14.0. The number of hydrogen-bond donors (Lipinski definition) is 0. The summed E-state index contributed by atoms with van der Waals surface area (Å²) in [4.78, 5) is 6.51. The van der Waals surface area contributed by atoms with Gasteiger partial charge in [-0.2, -0.15) is 0 Å². The third kappa shape index (κ3) is 4.38. The van der Waals surface area contributed by atoms with Crippen LogP contribution in [0.1, 0.15) is 22.3 Å². The van der Waals surface area contributed by atoms with E-state index in [-0.39, 0.29) is 55.7 Å². The molecule has 14 heteroatoms. The predicted molar refractivity (Wildman–Crippen MR) is 164 cm³/mol. The van der Waals surface area contributed by atoms with Crippen LogP contribution in [0.25, 0.3) is 65.3 Å². The van der Waals surface area contributed by atoms with Gasteiger partial charge >= 0.3 is 0 Å². The zero-order chi connectivity index (χ0) is 37.5. The fourth-order valence-corrected chi connectivity index (χ4v) is 6.53. The van der Waals surface area contributed by atoms with Gasteiger partial charge in [-0.25, -0.2) is 64.1 Å². The zero-order valence-corrected chi connectivity index (χ0v) is 25.2. The number of nitrogens with zero attached hydrogens (tertiary/aromatic N) is 4. The Morgan fingerprint density at radius 1 is 0.404 bits per heavy atom. The first kappa shape index (κ1) is 33.3. The maximum atomic E-state index is 14.8. The third-order valence-corrected chi connectivity index (χ3v) is 8.76. The molecule has 0 spiro atoms. The summed E-state index contributed by atoms with van der Waals surface area (Å²) >= 11 is 0. The van der Waals surface area contributed by atoms with E-state index in [2.05, 4.69) is 9.69 Å². The summed E-state index contributed by atoms with van der Waals surface area (Å²) in [5, 5.41) is 19.8. The van der Waals surface area contributed by atoms with Crippen molar-refractivity contribution in [2.45, 2.75) is 0 Å². The van der Waals surface area contributed by atoms with Crippen molar-refractivity contribution < 1.29 is 43.9 Å². The second-order valence-corrected chi connectivity index (χ2v) is 11.2. The summed E-state index contributed by atoms with van der Waals surface area (Å²) in [6, 6.07) is 13.0. The van der Waals surface area contributed by atoms with Gasteiger partial charge < -0.3 is 0 Å². The topological polar surface area (TPSA) is 56.3 Å². The van der Waals surface area contributed by atoms with Crippen molar-refractivity contribution >= 4 is 11.1 Å². The molecule has 0 saturated carbocycles. The van der Waals surface area contributed by atoms with Gasteiger partial charge in [-0.05, 0) is 79.9 Å². The van der Waals surface area contributed by atoms with E-state index in [0.717, 1.165) is 24.3 Å². The maximum absolute atomic E-state index is 14.8. The molecule has 0 heterocycles. The Bertz CT molecular complexity index is 2510. The summed E-state index contributed by atoms with van der Waals surface area (Å²) in [7, 11) is 0. The monoisotopic (exact) mass is 710 g/mol.